The Bertz CT molecular complexity index is 19.2. The van der Waals surface area contributed by atoms with Gasteiger partial charge in [0.2, 0.25) is 0 Å². The van der Waals surface area contributed by atoms with Gasteiger partial charge in [-0.15, -0.1) is 0 Å². The minimum atomic E-state index is 0. The first kappa shape index (κ1) is 30.2. The Kier molecular flexibility index (Phi) is 270. The molecule has 5 heavy (non-hydrogen) atoms. The van der Waals surface area contributed by atoms with Crippen LogP contribution in [0.2, 0.25) is 0 Å². The first-order valence-electron chi connectivity index (χ1n) is 0.447. The standard InChI is InChI=1S/CH4O.FH.Mg.Na.3H/c1-2;;;;;;/h2H,1H3;1H;;;;;/q;;+2;+1;3*-1. The maximum Gasteiger partial charge on any atom is 2.00 e. The number of hydrogen-bond donors (Lipinski definition) is 1. The van der Waals surface area contributed by atoms with Gasteiger partial charge in [-0.3, -0.25) is 4.70 Å². The van der Waals surface area contributed by atoms with Gasteiger partial charge in [-0.2, -0.15) is 0 Å². The molecule has 0 spiro atoms. The summed E-state index contributed by atoms with van der Waals surface area (Å²) in [5.74, 6) is 0. The fourth-order valence-electron chi connectivity index (χ4n) is 0. The fraction of sp³-hybridized carbons (Fsp3) is 1.00. The van der Waals surface area contributed by atoms with E-state index in [0.29, 0.717) is 0 Å². The van der Waals surface area contributed by atoms with Crippen LogP contribution in [-0.2, 0) is 0 Å². The molecule has 0 saturated carbocycles. The number of rotatable bonds is 0. The summed E-state index contributed by atoms with van der Waals surface area (Å²) < 4.78 is 0. The minimum absolute atomic E-state index is 0. The maximum atomic E-state index is 7.00. The topological polar surface area (TPSA) is 20.2 Å². The summed E-state index contributed by atoms with van der Waals surface area (Å²) in [5, 5.41) is 7.00. The molecule has 0 aliphatic heterocycles. The Balaban J connectivity index is -0.000000000333. The molecule has 0 amide bonds. The summed E-state index contributed by atoms with van der Waals surface area (Å²) >= 11 is 0. The maximum absolute atomic E-state index is 7.00. The van der Waals surface area contributed by atoms with Crippen LogP contribution in [0.15, 0.2) is 0 Å². The van der Waals surface area contributed by atoms with Crippen molar-refractivity contribution in [1.82, 2.24) is 0 Å². The zero-order valence-electron chi connectivity index (χ0n) is 6.56. The number of aliphatic hydroxyl groups excluding tert-OH is 1. The van der Waals surface area contributed by atoms with Crippen molar-refractivity contribution in [3.8, 4) is 0 Å². The predicted molar refractivity (Wildman–Crippen MR) is 19.7 cm³/mol. The molecule has 0 aromatic rings. The van der Waals surface area contributed by atoms with Gasteiger partial charge >= 0.3 is 52.6 Å². The normalized spacial score (nSPS) is 1.20. The molecule has 28 valence electrons. The molecule has 1 nitrogen and oxygen atoms in total. The van der Waals surface area contributed by atoms with Crippen molar-refractivity contribution in [2.24, 2.45) is 0 Å². The Labute approximate surface area is 73.4 Å². The zero-order valence-corrected chi connectivity index (χ0v) is 6.98. The summed E-state index contributed by atoms with van der Waals surface area (Å²) in [5.41, 5.74) is 0. The van der Waals surface area contributed by atoms with Crippen molar-refractivity contribution in [3.05, 3.63) is 0 Å². The van der Waals surface area contributed by atoms with Gasteiger partial charge in [-0.25, -0.2) is 0 Å². The molecular formula is CH8FMgNaO. The van der Waals surface area contributed by atoms with E-state index in [-0.39, 0.29) is 61.6 Å². The smallest absolute Gasteiger partial charge is 1.00 e. The summed E-state index contributed by atoms with van der Waals surface area (Å²) in [6, 6.07) is 0. The van der Waals surface area contributed by atoms with Crippen LogP contribution < -0.4 is 29.6 Å². The van der Waals surface area contributed by atoms with Gasteiger partial charge in [0.1, 0.15) is 0 Å². The van der Waals surface area contributed by atoms with Gasteiger partial charge in [0.25, 0.3) is 0 Å². The monoisotopic (exact) mass is 102 g/mol. The number of hydrogen-bond acceptors (Lipinski definition) is 1. The van der Waals surface area contributed by atoms with Crippen molar-refractivity contribution < 1.29 is 43.6 Å². The van der Waals surface area contributed by atoms with E-state index in [2.05, 4.69) is 0 Å². The molecule has 1 N–H and O–H groups in total. The van der Waals surface area contributed by atoms with Crippen LogP contribution >= 0.6 is 0 Å². The molecule has 0 unspecified atom stereocenters. The molecule has 0 fully saturated rings. The quantitative estimate of drug-likeness (QED) is 0.318. The van der Waals surface area contributed by atoms with Crippen LogP contribution in [0.25, 0.3) is 0 Å². The number of aliphatic hydroxyl groups is 1. The fourth-order valence-corrected chi connectivity index (χ4v) is 0. The van der Waals surface area contributed by atoms with E-state index in [1.54, 1.807) is 0 Å². The molecule has 0 aromatic heterocycles. The van der Waals surface area contributed by atoms with E-state index in [9.17, 15) is 0 Å². The van der Waals surface area contributed by atoms with Crippen LogP contribution in [0, 0.1) is 0 Å². The SMILES string of the molecule is CO.F.[H-].[H-].[H-].[Mg+2].[Na+]. The van der Waals surface area contributed by atoms with Gasteiger partial charge < -0.3 is 9.39 Å². The van der Waals surface area contributed by atoms with Gasteiger partial charge in [-0.05, 0) is 0 Å². The van der Waals surface area contributed by atoms with E-state index < -0.39 is 0 Å². The van der Waals surface area contributed by atoms with E-state index in [1.165, 1.54) is 0 Å². The molecule has 0 aliphatic carbocycles. The third-order valence-corrected chi connectivity index (χ3v) is 0. The second-order valence-corrected chi connectivity index (χ2v) is 0. The first-order valence-corrected chi connectivity index (χ1v) is 0.447. The molecule has 0 heterocycles. The third-order valence-electron chi connectivity index (χ3n) is 0. The van der Waals surface area contributed by atoms with Crippen molar-refractivity contribution >= 4 is 23.1 Å². The van der Waals surface area contributed by atoms with Gasteiger partial charge in [0, 0.05) is 7.11 Å². The van der Waals surface area contributed by atoms with Gasteiger partial charge in [-0.1, -0.05) is 0 Å². The Morgan fingerprint density at radius 3 is 1.40 bits per heavy atom. The summed E-state index contributed by atoms with van der Waals surface area (Å²) in [4.78, 5) is 0. The van der Waals surface area contributed by atoms with E-state index in [1.807, 2.05) is 0 Å². The van der Waals surface area contributed by atoms with E-state index in [4.69, 9.17) is 5.11 Å². The Morgan fingerprint density at radius 2 is 1.40 bits per heavy atom. The van der Waals surface area contributed by atoms with Crippen molar-refractivity contribution in [1.29, 1.82) is 0 Å². The van der Waals surface area contributed by atoms with Crippen LogP contribution in [0.3, 0.4) is 0 Å². The van der Waals surface area contributed by atoms with Gasteiger partial charge in [0.15, 0.2) is 0 Å². The minimum Gasteiger partial charge on any atom is -1.00 e. The molecule has 0 radical (unpaired) electrons. The third kappa shape index (κ3) is 27.6. The molecule has 0 bridgehead atoms. The average molecular weight is 102 g/mol. The number of halogens is 1. The molecule has 0 rings (SSSR count). The molecule has 0 aromatic carbocycles. The van der Waals surface area contributed by atoms with Crippen LogP contribution in [0.1, 0.15) is 4.28 Å². The van der Waals surface area contributed by atoms with Crippen molar-refractivity contribution in [3.63, 3.8) is 0 Å². The Morgan fingerprint density at radius 1 is 1.40 bits per heavy atom. The zero-order chi connectivity index (χ0) is 2.00. The largest absolute Gasteiger partial charge is 2.00 e. The van der Waals surface area contributed by atoms with Crippen LogP contribution in [0.4, 0.5) is 4.70 Å². The molecule has 4 heteroatoms. The molecule has 0 saturated heterocycles. The van der Waals surface area contributed by atoms with E-state index >= 15 is 0 Å². The summed E-state index contributed by atoms with van der Waals surface area (Å²) in [7, 11) is 1.00. The molecular weight excluding hydrogens is 94.3 g/mol. The molecule has 0 aliphatic rings. The van der Waals surface area contributed by atoms with Crippen LogP contribution in [-0.4, -0.2) is 35.3 Å². The average Bonchev–Trinajstić information content (AvgIpc) is 1.00. The summed E-state index contributed by atoms with van der Waals surface area (Å²) in [6.45, 7) is 0. The van der Waals surface area contributed by atoms with Crippen LogP contribution in [0.5, 0.6) is 0 Å². The van der Waals surface area contributed by atoms with Gasteiger partial charge in [0.05, 0.1) is 0 Å². The van der Waals surface area contributed by atoms with Crippen molar-refractivity contribution in [2.45, 2.75) is 0 Å². The summed E-state index contributed by atoms with van der Waals surface area (Å²) in [6.07, 6.45) is 0. The predicted octanol–water partition coefficient (Wildman–Crippen LogP) is -3.28. The molecule has 0 atom stereocenters. The second kappa shape index (κ2) is 44.7. The first-order chi connectivity index (χ1) is 1.00. The van der Waals surface area contributed by atoms with E-state index in [0.717, 1.165) is 7.11 Å². The Hall–Kier alpha value is 1.66. The van der Waals surface area contributed by atoms with Crippen molar-refractivity contribution in [2.75, 3.05) is 7.11 Å². The second-order valence-electron chi connectivity index (χ2n) is 0.